The molecule has 2 N–H and O–H groups in total. The fourth-order valence-corrected chi connectivity index (χ4v) is 1.46. The predicted octanol–water partition coefficient (Wildman–Crippen LogP) is 0.136. The molecule has 0 saturated carbocycles. The molecule has 1 aromatic heterocycles. The Bertz CT molecular complexity index is 344. The van der Waals surface area contributed by atoms with E-state index in [1.165, 1.54) is 6.20 Å². The van der Waals surface area contributed by atoms with Crippen LogP contribution in [-0.4, -0.2) is 42.1 Å². The van der Waals surface area contributed by atoms with Crippen LogP contribution in [0.15, 0.2) is 18.3 Å². The molecule has 80 valence electrons. The van der Waals surface area contributed by atoms with E-state index in [-0.39, 0.29) is 5.91 Å². The number of carbonyl (C=O) groups excluding carboxylic acids is 1. The number of nitrogens with two attached hydrogens (primary N) is 1. The van der Waals surface area contributed by atoms with E-state index in [4.69, 9.17) is 10.5 Å². The van der Waals surface area contributed by atoms with Crippen molar-refractivity contribution in [2.24, 2.45) is 0 Å². The number of aromatic nitrogens is 1. The Morgan fingerprint density at radius 3 is 2.73 bits per heavy atom. The van der Waals surface area contributed by atoms with E-state index in [1.807, 2.05) is 0 Å². The van der Waals surface area contributed by atoms with Crippen LogP contribution >= 0.6 is 0 Å². The first-order valence-electron chi connectivity index (χ1n) is 4.86. The molecule has 5 nitrogen and oxygen atoms in total. The molecular formula is C10H13N3O2. The van der Waals surface area contributed by atoms with E-state index in [2.05, 4.69) is 4.98 Å². The van der Waals surface area contributed by atoms with Gasteiger partial charge in [0.2, 0.25) is 0 Å². The standard InChI is InChI=1S/C10H13N3O2/c11-8-1-2-9(12-7-8)10(14)13-3-5-15-6-4-13/h1-2,7H,3-6,11H2. The minimum absolute atomic E-state index is 0.0571. The van der Waals surface area contributed by atoms with E-state index in [9.17, 15) is 4.79 Å². The third kappa shape index (κ3) is 2.24. The third-order valence-electron chi connectivity index (χ3n) is 2.30. The van der Waals surface area contributed by atoms with Crippen LogP contribution in [0.4, 0.5) is 5.69 Å². The molecule has 0 unspecified atom stereocenters. The number of nitrogens with zero attached hydrogens (tertiary/aromatic N) is 2. The third-order valence-corrected chi connectivity index (χ3v) is 2.30. The summed E-state index contributed by atoms with van der Waals surface area (Å²) in [7, 11) is 0. The SMILES string of the molecule is Nc1ccc(C(=O)N2CCOCC2)nc1. The van der Waals surface area contributed by atoms with Crippen molar-refractivity contribution in [3.8, 4) is 0 Å². The van der Waals surface area contributed by atoms with E-state index in [0.717, 1.165) is 0 Å². The van der Waals surface area contributed by atoms with Crippen molar-refractivity contribution in [2.75, 3.05) is 32.0 Å². The highest BCUT2D eigenvalue weighted by atomic mass is 16.5. The molecule has 15 heavy (non-hydrogen) atoms. The average Bonchev–Trinajstić information content (AvgIpc) is 2.30. The highest BCUT2D eigenvalue weighted by Crippen LogP contribution is 2.06. The second kappa shape index (κ2) is 4.27. The lowest BCUT2D eigenvalue weighted by Gasteiger charge is -2.26. The molecule has 1 amide bonds. The van der Waals surface area contributed by atoms with Crippen molar-refractivity contribution < 1.29 is 9.53 Å². The van der Waals surface area contributed by atoms with E-state index in [0.29, 0.717) is 37.7 Å². The van der Waals surface area contributed by atoms with Gasteiger partial charge in [0.05, 0.1) is 25.1 Å². The van der Waals surface area contributed by atoms with Crippen LogP contribution in [-0.2, 0) is 4.74 Å². The molecule has 0 bridgehead atoms. The lowest BCUT2D eigenvalue weighted by molar-refractivity contribution is 0.0299. The first kappa shape index (κ1) is 9.92. The average molecular weight is 207 g/mol. The number of nitrogen functional groups attached to an aromatic ring is 1. The Morgan fingerprint density at radius 1 is 1.40 bits per heavy atom. The van der Waals surface area contributed by atoms with Gasteiger partial charge < -0.3 is 15.4 Å². The lowest BCUT2D eigenvalue weighted by Crippen LogP contribution is -2.41. The van der Waals surface area contributed by atoms with Gasteiger partial charge in [-0.25, -0.2) is 4.98 Å². The number of pyridine rings is 1. The van der Waals surface area contributed by atoms with Gasteiger partial charge in [-0.2, -0.15) is 0 Å². The molecule has 0 radical (unpaired) electrons. The Kier molecular flexibility index (Phi) is 2.82. The molecule has 0 atom stereocenters. The van der Waals surface area contributed by atoms with Crippen LogP contribution in [0.1, 0.15) is 10.5 Å². The quantitative estimate of drug-likeness (QED) is 0.711. The molecular weight excluding hydrogens is 194 g/mol. The smallest absolute Gasteiger partial charge is 0.272 e. The minimum Gasteiger partial charge on any atom is -0.397 e. The topological polar surface area (TPSA) is 68.5 Å². The van der Waals surface area contributed by atoms with E-state index < -0.39 is 0 Å². The molecule has 0 aromatic carbocycles. The molecule has 0 spiro atoms. The fourth-order valence-electron chi connectivity index (χ4n) is 1.46. The lowest BCUT2D eigenvalue weighted by atomic mass is 10.3. The predicted molar refractivity (Wildman–Crippen MR) is 55.4 cm³/mol. The Hall–Kier alpha value is -1.62. The number of ether oxygens (including phenoxy) is 1. The van der Waals surface area contributed by atoms with Gasteiger partial charge >= 0.3 is 0 Å². The summed E-state index contributed by atoms with van der Waals surface area (Å²) in [6, 6.07) is 3.33. The zero-order chi connectivity index (χ0) is 10.7. The zero-order valence-corrected chi connectivity index (χ0v) is 8.35. The van der Waals surface area contributed by atoms with Crippen molar-refractivity contribution in [2.45, 2.75) is 0 Å². The number of morpholine rings is 1. The van der Waals surface area contributed by atoms with Gasteiger partial charge in [0, 0.05) is 13.1 Å². The molecule has 1 aliphatic heterocycles. The van der Waals surface area contributed by atoms with Crippen molar-refractivity contribution in [3.63, 3.8) is 0 Å². The molecule has 2 heterocycles. The largest absolute Gasteiger partial charge is 0.397 e. The van der Waals surface area contributed by atoms with Crippen LogP contribution in [0.5, 0.6) is 0 Å². The number of hydrogen-bond acceptors (Lipinski definition) is 4. The van der Waals surface area contributed by atoms with Crippen molar-refractivity contribution in [3.05, 3.63) is 24.0 Å². The number of amides is 1. The first-order valence-corrected chi connectivity index (χ1v) is 4.86. The van der Waals surface area contributed by atoms with Gasteiger partial charge in [-0.05, 0) is 12.1 Å². The van der Waals surface area contributed by atoms with Crippen LogP contribution in [0, 0.1) is 0 Å². The first-order chi connectivity index (χ1) is 7.27. The maximum absolute atomic E-state index is 11.9. The van der Waals surface area contributed by atoms with Gasteiger partial charge in [0.1, 0.15) is 5.69 Å². The Balaban J connectivity index is 2.09. The van der Waals surface area contributed by atoms with Gasteiger partial charge in [-0.1, -0.05) is 0 Å². The van der Waals surface area contributed by atoms with Gasteiger partial charge in [0.25, 0.3) is 5.91 Å². The van der Waals surface area contributed by atoms with E-state index in [1.54, 1.807) is 17.0 Å². The maximum Gasteiger partial charge on any atom is 0.272 e. The molecule has 0 aliphatic carbocycles. The van der Waals surface area contributed by atoms with Crippen LogP contribution in [0.2, 0.25) is 0 Å². The number of rotatable bonds is 1. The normalized spacial score (nSPS) is 16.4. The molecule has 5 heteroatoms. The summed E-state index contributed by atoms with van der Waals surface area (Å²) in [4.78, 5) is 17.6. The summed E-state index contributed by atoms with van der Waals surface area (Å²) in [5.41, 5.74) is 6.50. The summed E-state index contributed by atoms with van der Waals surface area (Å²) in [6.45, 7) is 2.46. The summed E-state index contributed by atoms with van der Waals surface area (Å²) in [5.74, 6) is -0.0571. The van der Waals surface area contributed by atoms with Crippen LogP contribution in [0.3, 0.4) is 0 Å². The summed E-state index contributed by atoms with van der Waals surface area (Å²) >= 11 is 0. The summed E-state index contributed by atoms with van der Waals surface area (Å²) < 4.78 is 5.17. The second-order valence-electron chi connectivity index (χ2n) is 3.38. The second-order valence-corrected chi connectivity index (χ2v) is 3.38. The number of anilines is 1. The molecule has 2 rings (SSSR count). The zero-order valence-electron chi connectivity index (χ0n) is 8.35. The van der Waals surface area contributed by atoms with Gasteiger partial charge in [-0.15, -0.1) is 0 Å². The molecule has 1 fully saturated rings. The van der Waals surface area contributed by atoms with Crippen molar-refractivity contribution >= 4 is 11.6 Å². The highest BCUT2D eigenvalue weighted by molar-refractivity contribution is 5.92. The maximum atomic E-state index is 11.9. The molecule has 1 aromatic rings. The van der Waals surface area contributed by atoms with Crippen LogP contribution < -0.4 is 5.73 Å². The Labute approximate surface area is 87.8 Å². The summed E-state index contributed by atoms with van der Waals surface area (Å²) in [6.07, 6.45) is 1.49. The van der Waals surface area contributed by atoms with Gasteiger partial charge in [0.15, 0.2) is 0 Å². The monoisotopic (exact) mass is 207 g/mol. The number of hydrogen-bond donors (Lipinski definition) is 1. The Morgan fingerprint density at radius 2 is 2.13 bits per heavy atom. The summed E-state index contributed by atoms with van der Waals surface area (Å²) in [5, 5.41) is 0. The fraction of sp³-hybridized carbons (Fsp3) is 0.400. The van der Waals surface area contributed by atoms with E-state index >= 15 is 0 Å². The van der Waals surface area contributed by atoms with Crippen molar-refractivity contribution in [1.29, 1.82) is 0 Å². The molecule has 1 saturated heterocycles. The van der Waals surface area contributed by atoms with Crippen LogP contribution in [0.25, 0.3) is 0 Å². The van der Waals surface area contributed by atoms with Crippen molar-refractivity contribution in [1.82, 2.24) is 9.88 Å². The van der Waals surface area contributed by atoms with Gasteiger partial charge in [-0.3, -0.25) is 4.79 Å². The minimum atomic E-state index is -0.0571. The number of carbonyl (C=O) groups is 1. The molecule has 1 aliphatic rings. The highest BCUT2D eigenvalue weighted by Gasteiger charge is 2.18.